The summed E-state index contributed by atoms with van der Waals surface area (Å²) in [6, 6.07) is 19.6. The Morgan fingerprint density at radius 3 is 2.59 bits per heavy atom. The first-order valence-corrected chi connectivity index (χ1v) is 10.7. The highest BCUT2D eigenvalue weighted by Crippen LogP contribution is 2.27. The topological polar surface area (TPSA) is 83.6 Å². The fourth-order valence-corrected chi connectivity index (χ4v) is 3.83. The molecule has 0 atom stereocenters. The predicted octanol–water partition coefficient (Wildman–Crippen LogP) is 5.24. The van der Waals surface area contributed by atoms with E-state index in [2.05, 4.69) is 34.6 Å². The minimum Gasteiger partial charge on any atom is -0.317 e. The van der Waals surface area contributed by atoms with E-state index in [1.165, 1.54) is 23.8 Å². The number of amides is 1. The lowest BCUT2D eigenvalue weighted by molar-refractivity contribution is -0.112. The number of halogens is 1. The lowest BCUT2D eigenvalue weighted by Gasteiger charge is -2.08. The summed E-state index contributed by atoms with van der Waals surface area (Å²) in [5.41, 5.74) is 3.49. The molecule has 6 nitrogen and oxygen atoms in total. The molecule has 2 heterocycles. The Kier molecular flexibility index (Phi) is 6.19. The Morgan fingerprint density at radius 1 is 1.16 bits per heavy atom. The van der Waals surface area contributed by atoms with Gasteiger partial charge in [-0.25, -0.2) is 4.39 Å². The molecule has 0 aliphatic rings. The van der Waals surface area contributed by atoms with Crippen molar-refractivity contribution in [3.63, 3.8) is 0 Å². The monoisotopic (exact) mass is 443 g/mol. The zero-order valence-corrected chi connectivity index (χ0v) is 17.9. The van der Waals surface area contributed by atoms with Gasteiger partial charge in [0.05, 0.1) is 0 Å². The van der Waals surface area contributed by atoms with Crippen molar-refractivity contribution < 1.29 is 9.18 Å². The summed E-state index contributed by atoms with van der Waals surface area (Å²) >= 11 is 1.14. The van der Waals surface area contributed by atoms with Gasteiger partial charge in [-0.05, 0) is 66.6 Å². The summed E-state index contributed by atoms with van der Waals surface area (Å²) in [7, 11) is 0. The fourth-order valence-electron chi connectivity index (χ4n) is 3.08. The fraction of sp³-hybridized carbons (Fsp3) is 0.0833. The number of rotatable bonds is 6. The Morgan fingerprint density at radius 2 is 1.91 bits per heavy atom. The van der Waals surface area contributed by atoms with Crippen molar-refractivity contribution >= 4 is 28.5 Å². The first kappa shape index (κ1) is 21.2. The van der Waals surface area contributed by atoms with Crippen LogP contribution in [0.25, 0.3) is 22.3 Å². The number of carbonyl (C=O) groups excluding carboxylic acids is 1. The molecule has 0 saturated heterocycles. The second kappa shape index (κ2) is 9.37. The first-order chi connectivity index (χ1) is 15.6. The minimum absolute atomic E-state index is 0.0614. The molecule has 1 amide bonds. The number of benzene rings is 2. The van der Waals surface area contributed by atoms with E-state index in [0.29, 0.717) is 16.3 Å². The molecule has 32 heavy (non-hydrogen) atoms. The van der Waals surface area contributed by atoms with Crippen LogP contribution in [0.3, 0.4) is 0 Å². The molecule has 0 fully saturated rings. The number of nitrogens with one attached hydrogen (secondary N) is 1. The normalized spacial score (nSPS) is 11.2. The Balaban J connectivity index is 1.53. The van der Waals surface area contributed by atoms with Crippen LogP contribution in [-0.4, -0.2) is 20.7 Å². The van der Waals surface area contributed by atoms with Crippen LogP contribution in [0.1, 0.15) is 18.2 Å². The third kappa shape index (κ3) is 4.63. The first-order valence-electron chi connectivity index (χ1n) is 9.86. The van der Waals surface area contributed by atoms with Crippen molar-refractivity contribution in [2.24, 2.45) is 0 Å². The number of aryl methyl sites for hydroxylation is 1. The van der Waals surface area contributed by atoms with Crippen LogP contribution in [0.2, 0.25) is 0 Å². The van der Waals surface area contributed by atoms with Gasteiger partial charge in [0.25, 0.3) is 5.91 Å². The quantitative estimate of drug-likeness (QED) is 0.326. The molecule has 0 saturated carbocycles. The minimum atomic E-state index is -0.580. The molecular formula is C24H18FN5OS. The maximum Gasteiger partial charge on any atom is 0.268 e. The summed E-state index contributed by atoms with van der Waals surface area (Å²) in [6.45, 7) is 2.09. The van der Waals surface area contributed by atoms with E-state index in [4.69, 9.17) is 0 Å². The second-order valence-corrected chi connectivity index (χ2v) is 7.84. The Hall–Kier alpha value is -4.09. The standard InChI is InChI=1S/C24H18FN5OS/c1-2-16-5-11-20(12-6-16)30-13-3-4-21(30)14-18(15-26)22(31)27-24-29-28-23(32-24)17-7-9-19(25)10-8-17/h3-14H,2H2,1H3,(H,27,29,31)/b18-14-. The molecule has 0 aliphatic carbocycles. The molecule has 0 aliphatic heterocycles. The van der Waals surface area contributed by atoms with Crippen molar-refractivity contribution in [3.8, 4) is 22.3 Å². The van der Waals surface area contributed by atoms with Gasteiger partial charge >= 0.3 is 0 Å². The van der Waals surface area contributed by atoms with E-state index in [0.717, 1.165) is 23.4 Å². The lowest BCUT2D eigenvalue weighted by Crippen LogP contribution is -2.13. The average molecular weight is 444 g/mol. The molecule has 2 aromatic carbocycles. The van der Waals surface area contributed by atoms with Gasteiger partial charge in [-0.15, -0.1) is 10.2 Å². The summed E-state index contributed by atoms with van der Waals surface area (Å²) in [5, 5.41) is 20.9. The Bertz CT molecular complexity index is 1310. The number of hydrogen-bond acceptors (Lipinski definition) is 5. The molecule has 0 bridgehead atoms. The van der Waals surface area contributed by atoms with Crippen molar-refractivity contribution in [1.82, 2.24) is 14.8 Å². The van der Waals surface area contributed by atoms with Crippen LogP contribution < -0.4 is 5.32 Å². The largest absolute Gasteiger partial charge is 0.317 e. The van der Waals surface area contributed by atoms with Gasteiger partial charge in [0.2, 0.25) is 5.13 Å². The van der Waals surface area contributed by atoms with Gasteiger partial charge < -0.3 is 4.57 Å². The van der Waals surface area contributed by atoms with E-state index in [1.54, 1.807) is 12.1 Å². The SMILES string of the molecule is CCc1ccc(-n2cccc2/C=C(/C#N)C(=O)Nc2nnc(-c3ccc(F)cc3)s2)cc1. The number of hydrogen-bond donors (Lipinski definition) is 1. The maximum atomic E-state index is 13.1. The van der Waals surface area contributed by atoms with Crippen LogP contribution in [0.5, 0.6) is 0 Å². The second-order valence-electron chi connectivity index (χ2n) is 6.87. The summed E-state index contributed by atoms with van der Waals surface area (Å²) in [5.74, 6) is -0.926. The molecule has 2 aromatic heterocycles. The van der Waals surface area contributed by atoms with Crippen LogP contribution in [-0.2, 0) is 11.2 Å². The van der Waals surface area contributed by atoms with Gasteiger partial charge in [0.15, 0.2) is 0 Å². The van der Waals surface area contributed by atoms with Crippen molar-refractivity contribution in [2.45, 2.75) is 13.3 Å². The van der Waals surface area contributed by atoms with Crippen molar-refractivity contribution in [2.75, 3.05) is 5.32 Å². The molecule has 0 radical (unpaired) electrons. The van der Waals surface area contributed by atoms with E-state index in [1.807, 2.05) is 41.1 Å². The van der Waals surface area contributed by atoms with E-state index < -0.39 is 5.91 Å². The van der Waals surface area contributed by atoms with Crippen LogP contribution in [0, 0.1) is 17.1 Å². The smallest absolute Gasteiger partial charge is 0.268 e. The molecule has 0 unspecified atom stereocenters. The number of anilines is 1. The molecule has 4 aromatic rings. The summed E-state index contributed by atoms with van der Waals surface area (Å²) in [4.78, 5) is 12.7. The predicted molar refractivity (Wildman–Crippen MR) is 123 cm³/mol. The number of carbonyl (C=O) groups is 1. The Labute approximate surface area is 188 Å². The highest BCUT2D eigenvalue weighted by molar-refractivity contribution is 7.18. The maximum absolute atomic E-state index is 13.1. The van der Waals surface area contributed by atoms with Crippen LogP contribution in [0.15, 0.2) is 72.4 Å². The van der Waals surface area contributed by atoms with Gasteiger partial charge in [0.1, 0.15) is 22.5 Å². The molecule has 1 N–H and O–H groups in total. The van der Waals surface area contributed by atoms with Crippen molar-refractivity contribution in [3.05, 3.63) is 89.5 Å². The summed E-state index contributed by atoms with van der Waals surface area (Å²) in [6.07, 6.45) is 4.36. The highest BCUT2D eigenvalue weighted by Gasteiger charge is 2.15. The summed E-state index contributed by atoms with van der Waals surface area (Å²) < 4.78 is 15.0. The van der Waals surface area contributed by atoms with Crippen molar-refractivity contribution in [1.29, 1.82) is 5.26 Å². The zero-order valence-electron chi connectivity index (χ0n) is 17.1. The van der Waals surface area contributed by atoms with Gasteiger partial charge in [-0.3, -0.25) is 10.1 Å². The zero-order chi connectivity index (χ0) is 22.5. The van der Waals surface area contributed by atoms with Crippen LogP contribution >= 0.6 is 11.3 Å². The lowest BCUT2D eigenvalue weighted by atomic mass is 10.1. The highest BCUT2D eigenvalue weighted by atomic mass is 32.1. The van der Waals surface area contributed by atoms with Crippen LogP contribution in [0.4, 0.5) is 9.52 Å². The van der Waals surface area contributed by atoms with Gasteiger partial charge in [0, 0.05) is 23.1 Å². The van der Waals surface area contributed by atoms with Gasteiger partial charge in [-0.1, -0.05) is 30.4 Å². The van der Waals surface area contributed by atoms with Gasteiger partial charge in [-0.2, -0.15) is 5.26 Å². The molecule has 0 spiro atoms. The molecule has 4 rings (SSSR count). The van der Waals surface area contributed by atoms with E-state index in [-0.39, 0.29) is 16.5 Å². The number of nitrogens with zero attached hydrogens (tertiary/aromatic N) is 4. The van der Waals surface area contributed by atoms with E-state index >= 15 is 0 Å². The average Bonchev–Trinajstić information content (AvgIpc) is 3.47. The van der Waals surface area contributed by atoms with E-state index in [9.17, 15) is 14.4 Å². The number of nitriles is 1. The third-order valence-electron chi connectivity index (χ3n) is 4.80. The number of aromatic nitrogens is 3. The molecule has 158 valence electrons. The molecule has 8 heteroatoms. The molecular weight excluding hydrogens is 425 g/mol. The third-order valence-corrected chi connectivity index (χ3v) is 5.68.